The summed E-state index contributed by atoms with van der Waals surface area (Å²) in [5.74, 6) is -0.994. The predicted molar refractivity (Wildman–Crippen MR) is 98.1 cm³/mol. The highest BCUT2D eigenvalue weighted by molar-refractivity contribution is 7.14. The van der Waals surface area contributed by atoms with Gasteiger partial charge in [0.1, 0.15) is 10.9 Å². The Labute approximate surface area is 155 Å². The molecule has 0 aliphatic carbocycles. The Balaban J connectivity index is 2.01. The highest BCUT2D eigenvalue weighted by Gasteiger charge is 2.21. The van der Waals surface area contributed by atoms with Gasteiger partial charge in [0.15, 0.2) is 6.10 Å². The molecule has 1 atom stereocenters. The lowest BCUT2D eigenvalue weighted by Gasteiger charge is -2.13. The number of aryl methyl sites for hydroxylation is 2. The molecule has 0 fully saturated rings. The normalized spacial score (nSPS) is 11.5. The average Bonchev–Trinajstić information content (AvgIpc) is 2.96. The van der Waals surface area contributed by atoms with Crippen LogP contribution in [0.5, 0.6) is 0 Å². The third-order valence-corrected chi connectivity index (χ3v) is 5.23. The van der Waals surface area contributed by atoms with E-state index in [0.717, 1.165) is 16.9 Å². The number of ether oxygens (including phenoxy) is 1. The van der Waals surface area contributed by atoms with Crippen molar-refractivity contribution in [2.45, 2.75) is 33.3 Å². The van der Waals surface area contributed by atoms with Crippen LogP contribution in [-0.4, -0.2) is 18.0 Å². The molecule has 0 spiro atoms. The Morgan fingerprint density at radius 2 is 2.12 bits per heavy atom. The van der Waals surface area contributed by atoms with Crippen LogP contribution in [0.15, 0.2) is 24.3 Å². The molecule has 7 heteroatoms. The molecule has 0 radical (unpaired) electrons. The van der Waals surface area contributed by atoms with Gasteiger partial charge in [-0.05, 0) is 50.1 Å². The van der Waals surface area contributed by atoms with Gasteiger partial charge in [-0.3, -0.25) is 4.79 Å². The van der Waals surface area contributed by atoms with Crippen molar-refractivity contribution >= 4 is 40.5 Å². The van der Waals surface area contributed by atoms with Crippen molar-refractivity contribution < 1.29 is 14.3 Å². The number of nitriles is 1. The minimum atomic E-state index is -0.964. The fourth-order valence-corrected chi connectivity index (χ4v) is 3.39. The fraction of sp³-hybridized carbons (Fsp3) is 0.278. The number of carbonyl (C=O) groups excluding carboxylic acids is 2. The van der Waals surface area contributed by atoms with Crippen LogP contribution in [-0.2, 0) is 16.0 Å². The Hall–Kier alpha value is -2.36. The Bertz CT molecular complexity index is 854. The Morgan fingerprint density at radius 3 is 2.68 bits per heavy atom. The molecule has 1 aromatic carbocycles. The number of esters is 1. The maximum atomic E-state index is 12.2. The monoisotopic (exact) mass is 376 g/mol. The molecule has 0 saturated heterocycles. The largest absolute Gasteiger partial charge is 0.448 e. The minimum Gasteiger partial charge on any atom is -0.448 e. The van der Waals surface area contributed by atoms with Gasteiger partial charge in [-0.15, -0.1) is 11.3 Å². The van der Waals surface area contributed by atoms with Crippen molar-refractivity contribution in [3.8, 4) is 6.07 Å². The van der Waals surface area contributed by atoms with E-state index in [1.54, 1.807) is 12.1 Å². The fourth-order valence-electron chi connectivity index (χ4n) is 2.17. The zero-order chi connectivity index (χ0) is 18.6. The van der Waals surface area contributed by atoms with Crippen molar-refractivity contribution in [3.63, 3.8) is 0 Å². The van der Waals surface area contributed by atoms with Crippen LogP contribution in [0.2, 0.25) is 5.02 Å². The molecule has 1 heterocycles. The molecule has 2 aromatic rings. The summed E-state index contributed by atoms with van der Waals surface area (Å²) < 4.78 is 5.23. The van der Waals surface area contributed by atoms with Gasteiger partial charge >= 0.3 is 5.97 Å². The van der Waals surface area contributed by atoms with E-state index >= 15 is 0 Å². The van der Waals surface area contributed by atoms with E-state index in [0.29, 0.717) is 16.1 Å². The first-order valence-corrected chi connectivity index (χ1v) is 8.86. The predicted octanol–water partition coefficient (Wildman–Crippen LogP) is 4.33. The zero-order valence-corrected chi connectivity index (χ0v) is 15.6. The molecular formula is C18H17ClN2O3S. The van der Waals surface area contributed by atoms with Gasteiger partial charge in [0.05, 0.1) is 10.6 Å². The van der Waals surface area contributed by atoms with Gasteiger partial charge < -0.3 is 10.1 Å². The summed E-state index contributed by atoms with van der Waals surface area (Å²) >= 11 is 7.31. The Kier molecular flexibility index (Phi) is 6.18. The van der Waals surface area contributed by atoms with E-state index in [9.17, 15) is 9.59 Å². The van der Waals surface area contributed by atoms with Gasteiger partial charge in [-0.2, -0.15) is 5.26 Å². The highest BCUT2D eigenvalue weighted by Crippen LogP contribution is 2.24. The number of carbonyl (C=O) groups is 2. The Morgan fingerprint density at radius 1 is 1.40 bits per heavy atom. The minimum absolute atomic E-state index is 0.242. The van der Waals surface area contributed by atoms with Crippen molar-refractivity contribution in [2.24, 2.45) is 0 Å². The van der Waals surface area contributed by atoms with E-state index in [4.69, 9.17) is 21.6 Å². The number of anilines is 1. The lowest BCUT2D eigenvalue weighted by molar-refractivity contribution is -0.123. The molecule has 0 unspecified atom stereocenters. The quantitative estimate of drug-likeness (QED) is 0.788. The summed E-state index contributed by atoms with van der Waals surface area (Å²) in [5.41, 5.74) is 1.79. The van der Waals surface area contributed by atoms with E-state index in [-0.39, 0.29) is 5.02 Å². The number of amides is 1. The van der Waals surface area contributed by atoms with Gasteiger partial charge in [0.2, 0.25) is 0 Å². The maximum absolute atomic E-state index is 12.2. The molecule has 130 valence electrons. The van der Waals surface area contributed by atoms with Crippen LogP contribution >= 0.6 is 22.9 Å². The van der Waals surface area contributed by atoms with Crippen LogP contribution in [0.4, 0.5) is 5.69 Å². The van der Waals surface area contributed by atoms with Crippen molar-refractivity contribution in [1.82, 2.24) is 0 Å². The SMILES string of the molecule is CCc1sc(C(=O)O[C@H](C)C(=O)Nc2ccc(C#N)c(Cl)c2)cc1C. The van der Waals surface area contributed by atoms with Crippen molar-refractivity contribution in [3.05, 3.63) is 50.2 Å². The maximum Gasteiger partial charge on any atom is 0.349 e. The molecule has 2 rings (SSSR count). The summed E-state index contributed by atoms with van der Waals surface area (Å²) in [6, 6.07) is 8.26. The van der Waals surface area contributed by atoms with E-state index < -0.39 is 18.0 Å². The first-order valence-electron chi connectivity index (χ1n) is 7.66. The first kappa shape index (κ1) is 19.0. The topological polar surface area (TPSA) is 79.2 Å². The third kappa shape index (κ3) is 4.59. The molecule has 5 nitrogen and oxygen atoms in total. The van der Waals surface area contributed by atoms with Crippen LogP contribution in [0.3, 0.4) is 0 Å². The summed E-state index contributed by atoms with van der Waals surface area (Å²) in [6.45, 7) is 5.46. The smallest absolute Gasteiger partial charge is 0.349 e. The van der Waals surface area contributed by atoms with Crippen LogP contribution in [0.25, 0.3) is 0 Å². The average molecular weight is 377 g/mol. The van der Waals surface area contributed by atoms with Crippen LogP contribution in [0.1, 0.15) is 39.5 Å². The summed E-state index contributed by atoms with van der Waals surface area (Å²) in [5, 5.41) is 11.7. The standard InChI is InChI=1S/C18H17ClN2O3S/c1-4-15-10(2)7-16(25-15)18(23)24-11(3)17(22)21-13-6-5-12(9-20)14(19)8-13/h5-8,11H,4H2,1-3H3,(H,21,22)/t11-/m1/s1. The number of hydrogen-bond acceptors (Lipinski definition) is 5. The number of nitrogens with zero attached hydrogens (tertiary/aromatic N) is 1. The number of rotatable bonds is 5. The van der Waals surface area contributed by atoms with Gasteiger partial charge in [0, 0.05) is 10.6 Å². The number of hydrogen-bond donors (Lipinski definition) is 1. The third-order valence-electron chi connectivity index (χ3n) is 3.55. The van der Waals surface area contributed by atoms with E-state index in [1.807, 2.05) is 19.9 Å². The summed E-state index contributed by atoms with van der Waals surface area (Å²) in [4.78, 5) is 26.0. The number of halogens is 1. The number of benzene rings is 1. The molecule has 25 heavy (non-hydrogen) atoms. The number of nitrogens with one attached hydrogen (secondary N) is 1. The van der Waals surface area contributed by atoms with Crippen LogP contribution < -0.4 is 5.32 Å². The molecule has 0 saturated carbocycles. The second-order valence-corrected chi connectivity index (χ2v) is 6.96. The summed E-state index contributed by atoms with van der Waals surface area (Å²) in [6.07, 6.45) is -0.117. The second-order valence-electron chi connectivity index (χ2n) is 5.41. The van der Waals surface area contributed by atoms with E-state index in [2.05, 4.69) is 5.32 Å². The second kappa shape index (κ2) is 8.15. The molecule has 0 aliphatic heterocycles. The molecule has 1 aromatic heterocycles. The highest BCUT2D eigenvalue weighted by atomic mass is 35.5. The lowest BCUT2D eigenvalue weighted by Crippen LogP contribution is -2.29. The molecule has 0 bridgehead atoms. The summed E-state index contributed by atoms with van der Waals surface area (Å²) in [7, 11) is 0. The first-order chi connectivity index (χ1) is 11.8. The van der Waals surface area contributed by atoms with E-state index in [1.165, 1.54) is 30.4 Å². The van der Waals surface area contributed by atoms with Crippen molar-refractivity contribution in [1.29, 1.82) is 5.26 Å². The molecule has 1 N–H and O–H groups in total. The van der Waals surface area contributed by atoms with Gasteiger partial charge in [-0.1, -0.05) is 18.5 Å². The number of thiophene rings is 1. The molecule has 0 aliphatic rings. The lowest BCUT2D eigenvalue weighted by atomic mass is 10.2. The zero-order valence-electron chi connectivity index (χ0n) is 14.1. The van der Waals surface area contributed by atoms with Crippen molar-refractivity contribution in [2.75, 3.05) is 5.32 Å². The molecule has 1 amide bonds. The van der Waals surface area contributed by atoms with Gasteiger partial charge in [0.25, 0.3) is 5.91 Å². The van der Waals surface area contributed by atoms with Crippen LogP contribution in [0, 0.1) is 18.3 Å². The molecular weight excluding hydrogens is 360 g/mol. The van der Waals surface area contributed by atoms with Gasteiger partial charge in [-0.25, -0.2) is 4.79 Å².